The van der Waals surface area contributed by atoms with E-state index >= 15 is 0 Å². The largest absolute Gasteiger partial charge is 0.317 e. The zero-order valence-electron chi connectivity index (χ0n) is 14.3. The van der Waals surface area contributed by atoms with E-state index in [-0.39, 0.29) is 5.71 Å². The molecule has 0 saturated carbocycles. The van der Waals surface area contributed by atoms with E-state index in [1.807, 2.05) is 11.8 Å². The summed E-state index contributed by atoms with van der Waals surface area (Å²) in [6.07, 6.45) is 4.97. The van der Waals surface area contributed by atoms with Crippen LogP contribution in [-0.2, 0) is 0 Å². The van der Waals surface area contributed by atoms with Crippen LogP contribution in [0, 0.1) is 0 Å². The zero-order chi connectivity index (χ0) is 15.4. The molecule has 0 atom stereocenters. The average Bonchev–Trinajstić information content (AvgIpc) is 2.50. The van der Waals surface area contributed by atoms with Gasteiger partial charge in [0.2, 0.25) is 0 Å². The first-order chi connectivity index (χ1) is 10.4. The van der Waals surface area contributed by atoms with Gasteiger partial charge < -0.3 is 21.3 Å². The van der Waals surface area contributed by atoms with Gasteiger partial charge in [-0.2, -0.15) is 11.8 Å². The van der Waals surface area contributed by atoms with Crippen LogP contribution in [0.25, 0.3) is 0 Å². The Kier molecular flexibility index (Phi) is 20.4. The first kappa shape index (κ1) is 21.2. The lowest BCUT2D eigenvalue weighted by Crippen LogP contribution is -2.27. The summed E-state index contributed by atoms with van der Waals surface area (Å²) in [6, 6.07) is 0. The molecule has 4 N–H and O–H groups in total. The first-order valence-corrected chi connectivity index (χ1v) is 9.97. The molecule has 0 aromatic rings. The lowest BCUT2D eigenvalue weighted by molar-refractivity contribution is 0.557. The van der Waals surface area contributed by atoms with Crippen molar-refractivity contribution < 1.29 is 5.71 Å². The summed E-state index contributed by atoms with van der Waals surface area (Å²) in [5, 5.41) is 13.8. The highest BCUT2D eigenvalue weighted by Gasteiger charge is 1.92. The fourth-order valence-electron chi connectivity index (χ4n) is 1.96. The monoisotopic (exact) mass is 326 g/mol. The lowest BCUT2D eigenvalue weighted by atomic mass is 10.3. The van der Waals surface area contributed by atoms with Crippen molar-refractivity contribution in [2.45, 2.75) is 39.5 Å². The number of rotatable bonds is 18. The molecular formula is C16H46N4S. The number of thioether (sulfide) groups is 1. The number of nitrogens with one attached hydrogen (secondary N) is 4. The normalized spacial score (nSPS) is 11.1. The summed E-state index contributed by atoms with van der Waals surface area (Å²) in [5.74, 6) is 2.55. The molecule has 0 aliphatic carbocycles. The van der Waals surface area contributed by atoms with E-state index in [0.717, 1.165) is 52.4 Å². The number of hydrogen-bond donors (Lipinski definition) is 4. The van der Waals surface area contributed by atoms with Crippen molar-refractivity contribution in [2.75, 3.05) is 63.9 Å². The molecule has 21 heavy (non-hydrogen) atoms. The van der Waals surface area contributed by atoms with Gasteiger partial charge in [0, 0.05) is 18.0 Å². The molecular weight excluding hydrogens is 280 g/mol. The Morgan fingerprint density at radius 1 is 0.619 bits per heavy atom. The number of hydrogen-bond acceptors (Lipinski definition) is 5. The molecule has 0 spiro atoms. The SMILES string of the molecule is CCCSCCNCCCNCCCNCCCNCC.[HH].[HH].[HH].[HH]. The van der Waals surface area contributed by atoms with Crippen LogP contribution in [0.1, 0.15) is 45.2 Å². The minimum atomic E-state index is 0. The predicted molar refractivity (Wildman–Crippen MR) is 107 cm³/mol. The van der Waals surface area contributed by atoms with Crippen LogP contribution >= 0.6 is 11.8 Å². The van der Waals surface area contributed by atoms with Crippen molar-refractivity contribution in [2.24, 2.45) is 0 Å². The highest BCUT2D eigenvalue weighted by atomic mass is 32.2. The van der Waals surface area contributed by atoms with Crippen molar-refractivity contribution in [3.63, 3.8) is 0 Å². The van der Waals surface area contributed by atoms with Gasteiger partial charge in [-0.1, -0.05) is 13.8 Å². The Labute approximate surface area is 142 Å². The molecule has 0 aromatic carbocycles. The average molecular weight is 327 g/mol. The standard InChI is InChI=1S/C16H38N4S.4H2/c1-3-15-21-16-14-20-13-7-12-19-11-6-10-18-9-5-8-17-4-2;;;;/h17-20H,3-16H2,1-2H3;4*1H. The molecule has 0 aliphatic rings. The Bertz CT molecular complexity index is 180. The highest BCUT2D eigenvalue weighted by Crippen LogP contribution is 1.99. The summed E-state index contributed by atoms with van der Waals surface area (Å²) in [5.41, 5.74) is 0. The fourth-order valence-corrected chi connectivity index (χ4v) is 2.74. The molecule has 0 aromatic heterocycles. The molecule has 0 fully saturated rings. The highest BCUT2D eigenvalue weighted by molar-refractivity contribution is 7.99. The van der Waals surface area contributed by atoms with Gasteiger partial charge in [0.15, 0.2) is 0 Å². The minimum absolute atomic E-state index is 0. The van der Waals surface area contributed by atoms with E-state index in [0.29, 0.717) is 0 Å². The third-order valence-electron chi connectivity index (χ3n) is 3.14. The third kappa shape index (κ3) is 20.2. The zero-order valence-corrected chi connectivity index (χ0v) is 15.1. The van der Waals surface area contributed by atoms with Crippen LogP contribution in [0.15, 0.2) is 0 Å². The van der Waals surface area contributed by atoms with Gasteiger partial charge in [-0.25, -0.2) is 0 Å². The predicted octanol–water partition coefficient (Wildman–Crippen LogP) is 2.66. The van der Waals surface area contributed by atoms with E-state index in [9.17, 15) is 0 Å². The Morgan fingerprint density at radius 2 is 1.10 bits per heavy atom. The topological polar surface area (TPSA) is 48.1 Å². The van der Waals surface area contributed by atoms with Crippen LogP contribution in [-0.4, -0.2) is 63.9 Å². The summed E-state index contributed by atoms with van der Waals surface area (Å²) in [6.45, 7) is 13.4. The molecule has 0 amide bonds. The van der Waals surface area contributed by atoms with Crippen molar-refractivity contribution in [1.29, 1.82) is 0 Å². The molecule has 0 unspecified atom stereocenters. The molecule has 0 rings (SSSR count). The third-order valence-corrected chi connectivity index (χ3v) is 4.33. The van der Waals surface area contributed by atoms with Crippen LogP contribution in [0.2, 0.25) is 0 Å². The Balaban J connectivity index is -0.000000333. The lowest BCUT2D eigenvalue weighted by Gasteiger charge is -2.07. The summed E-state index contributed by atoms with van der Waals surface area (Å²) >= 11 is 2.05. The maximum Gasteiger partial charge on any atom is 0.00580 e. The van der Waals surface area contributed by atoms with E-state index in [1.165, 1.54) is 37.2 Å². The smallest absolute Gasteiger partial charge is 0.00580 e. The maximum atomic E-state index is 3.51. The van der Waals surface area contributed by atoms with Crippen molar-refractivity contribution in [3.05, 3.63) is 0 Å². The van der Waals surface area contributed by atoms with Gasteiger partial charge in [0.1, 0.15) is 0 Å². The van der Waals surface area contributed by atoms with E-state index < -0.39 is 0 Å². The van der Waals surface area contributed by atoms with Gasteiger partial charge in [-0.15, -0.1) is 0 Å². The molecule has 0 saturated heterocycles. The Morgan fingerprint density at radius 3 is 1.57 bits per heavy atom. The molecule has 0 bridgehead atoms. The van der Waals surface area contributed by atoms with Crippen LogP contribution in [0.3, 0.4) is 0 Å². The Hall–Kier alpha value is 0.190. The van der Waals surface area contributed by atoms with E-state index in [1.54, 1.807) is 0 Å². The van der Waals surface area contributed by atoms with Gasteiger partial charge in [-0.3, -0.25) is 0 Å². The van der Waals surface area contributed by atoms with Crippen LogP contribution in [0.5, 0.6) is 0 Å². The molecule has 0 heterocycles. The summed E-state index contributed by atoms with van der Waals surface area (Å²) < 4.78 is 0. The molecule has 136 valence electrons. The van der Waals surface area contributed by atoms with Crippen molar-refractivity contribution >= 4 is 11.8 Å². The van der Waals surface area contributed by atoms with Gasteiger partial charge in [-0.05, 0) is 77.2 Å². The van der Waals surface area contributed by atoms with E-state index in [2.05, 4.69) is 35.1 Å². The second-order valence-electron chi connectivity index (χ2n) is 5.28. The van der Waals surface area contributed by atoms with Gasteiger partial charge in [0.25, 0.3) is 0 Å². The van der Waals surface area contributed by atoms with Crippen LogP contribution < -0.4 is 21.3 Å². The summed E-state index contributed by atoms with van der Waals surface area (Å²) in [4.78, 5) is 0. The molecule has 4 nitrogen and oxygen atoms in total. The molecule has 0 aliphatic heterocycles. The molecule has 5 heteroatoms. The second kappa shape index (κ2) is 20.2. The summed E-state index contributed by atoms with van der Waals surface area (Å²) in [7, 11) is 0. The maximum absolute atomic E-state index is 3.51. The van der Waals surface area contributed by atoms with Gasteiger partial charge in [0.05, 0.1) is 0 Å². The quantitative estimate of drug-likeness (QED) is 0.292. The van der Waals surface area contributed by atoms with Crippen molar-refractivity contribution in [3.8, 4) is 0 Å². The minimum Gasteiger partial charge on any atom is -0.317 e. The first-order valence-electron chi connectivity index (χ1n) is 8.82. The van der Waals surface area contributed by atoms with E-state index in [4.69, 9.17) is 0 Å². The van der Waals surface area contributed by atoms with Crippen molar-refractivity contribution in [1.82, 2.24) is 21.3 Å². The van der Waals surface area contributed by atoms with Gasteiger partial charge >= 0.3 is 0 Å². The molecule has 0 radical (unpaired) electrons. The van der Waals surface area contributed by atoms with Crippen LogP contribution in [0.4, 0.5) is 0 Å². The second-order valence-corrected chi connectivity index (χ2v) is 6.50. The fraction of sp³-hybridized carbons (Fsp3) is 1.00.